The highest BCUT2D eigenvalue weighted by Gasteiger charge is 2.22. The van der Waals surface area contributed by atoms with Crippen LogP contribution in [0.15, 0.2) is 0 Å². The van der Waals surface area contributed by atoms with Gasteiger partial charge in [0.2, 0.25) is 5.91 Å². The van der Waals surface area contributed by atoms with Gasteiger partial charge in [-0.1, -0.05) is 6.92 Å². The molecule has 0 aromatic rings. The smallest absolute Gasteiger partial charge is 0.239 e. The summed E-state index contributed by atoms with van der Waals surface area (Å²) in [7, 11) is 0. The Hall–Kier alpha value is -0.220. The lowest BCUT2D eigenvalue weighted by atomic mass is 10.2. The molecule has 1 N–H and O–H groups in total. The van der Waals surface area contributed by atoms with Gasteiger partial charge >= 0.3 is 0 Å². The van der Waals surface area contributed by atoms with Crippen molar-refractivity contribution < 1.29 is 4.79 Å². The van der Waals surface area contributed by atoms with E-state index in [1.807, 2.05) is 23.6 Å². The van der Waals surface area contributed by atoms with Gasteiger partial charge in [-0.15, -0.1) is 0 Å². The summed E-state index contributed by atoms with van der Waals surface area (Å²) >= 11 is 1.86. The first-order valence-corrected chi connectivity index (χ1v) is 7.55. The lowest BCUT2D eigenvalue weighted by Crippen LogP contribution is -2.45. The van der Waals surface area contributed by atoms with E-state index in [9.17, 15) is 4.79 Å². The van der Waals surface area contributed by atoms with Gasteiger partial charge in [-0.05, 0) is 44.2 Å². The highest BCUT2D eigenvalue weighted by atomic mass is 32.2. The Morgan fingerprint density at radius 2 is 2.00 bits per heavy atom. The molecule has 1 fully saturated rings. The molecular weight excluding hydrogens is 220 g/mol. The molecule has 1 amide bonds. The van der Waals surface area contributed by atoms with Crippen molar-refractivity contribution in [1.29, 1.82) is 0 Å². The zero-order valence-electron chi connectivity index (χ0n) is 10.7. The van der Waals surface area contributed by atoms with Crippen LogP contribution in [-0.4, -0.2) is 48.5 Å². The first kappa shape index (κ1) is 13.8. The minimum Gasteiger partial charge on any atom is -0.341 e. The number of nitrogens with zero attached hydrogens (tertiary/aromatic N) is 1. The molecule has 0 saturated carbocycles. The molecule has 0 aromatic carbocycles. The molecule has 16 heavy (non-hydrogen) atoms. The average molecular weight is 244 g/mol. The number of amides is 1. The normalized spacial score (nSPS) is 19.8. The Kier molecular flexibility index (Phi) is 6.21. The third-order valence-electron chi connectivity index (χ3n) is 3.01. The summed E-state index contributed by atoms with van der Waals surface area (Å²) in [6.07, 6.45) is 4.46. The van der Waals surface area contributed by atoms with E-state index in [0.717, 1.165) is 25.4 Å². The van der Waals surface area contributed by atoms with Crippen LogP contribution in [0.1, 0.15) is 26.7 Å². The first-order chi connectivity index (χ1) is 7.65. The third kappa shape index (κ3) is 4.34. The number of rotatable bonds is 6. The maximum atomic E-state index is 12.0. The molecule has 2 unspecified atom stereocenters. The van der Waals surface area contributed by atoms with Crippen LogP contribution in [0.25, 0.3) is 0 Å². The monoisotopic (exact) mass is 244 g/mol. The van der Waals surface area contributed by atoms with Crippen LogP contribution >= 0.6 is 11.8 Å². The molecule has 0 spiro atoms. The van der Waals surface area contributed by atoms with E-state index < -0.39 is 0 Å². The molecular formula is C12H24N2OS. The third-order valence-corrected chi connectivity index (χ3v) is 3.91. The second-order valence-corrected chi connectivity index (χ2v) is 5.63. The predicted octanol–water partition coefficient (Wildman–Crippen LogP) is 1.59. The number of hydrogen-bond donors (Lipinski definition) is 1. The highest BCUT2D eigenvalue weighted by molar-refractivity contribution is 7.98. The van der Waals surface area contributed by atoms with E-state index in [0.29, 0.717) is 5.92 Å². The fourth-order valence-electron chi connectivity index (χ4n) is 2.02. The molecule has 1 aliphatic rings. The minimum absolute atomic E-state index is 0.0255. The molecule has 94 valence electrons. The minimum atomic E-state index is -0.0255. The van der Waals surface area contributed by atoms with Gasteiger partial charge in [0.1, 0.15) is 0 Å². The van der Waals surface area contributed by atoms with Crippen LogP contribution in [-0.2, 0) is 4.79 Å². The molecule has 1 heterocycles. The van der Waals surface area contributed by atoms with Gasteiger partial charge in [0, 0.05) is 13.1 Å². The Morgan fingerprint density at radius 1 is 1.38 bits per heavy atom. The van der Waals surface area contributed by atoms with Crippen molar-refractivity contribution >= 4 is 17.7 Å². The summed E-state index contributed by atoms with van der Waals surface area (Å²) < 4.78 is 0. The number of thioether (sulfide) groups is 1. The Morgan fingerprint density at radius 3 is 2.56 bits per heavy atom. The number of carbonyl (C=O) groups is 1. The standard InChI is InChI=1S/C12H24N2OS/c1-10(9-16-3)8-13-11(2)12(15)14-6-4-5-7-14/h10-11,13H,4-9H2,1-3H3. The largest absolute Gasteiger partial charge is 0.341 e. The summed E-state index contributed by atoms with van der Waals surface area (Å²) in [5.41, 5.74) is 0. The van der Waals surface area contributed by atoms with E-state index in [4.69, 9.17) is 0 Å². The molecule has 3 nitrogen and oxygen atoms in total. The Labute approximate surface area is 103 Å². The molecule has 0 aromatic heterocycles. The average Bonchev–Trinajstić information content (AvgIpc) is 2.78. The zero-order valence-corrected chi connectivity index (χ0v) is 11.5. The molecule has 1 aliphatic heterocycles. The zero-order chi connectivity index (χ0) is 12.0. The Balaban J connectivity index is 2.22. The van der Waals surface area contributed by atoms with Crippen molar-refractivity contribution in [2.24, 2.45) is 5.92 Å². The van der Waals surface area contributed by atoms with Crippen LogP contribution < -0.4 is 5.32 Å². The van der Waals surface area contributed by atoms with Crippen molar-refractivity contribution in [2.45, 2.75) is 32.7 Å². The maximum absolute atomic E-state index is 12.0. The molecule has 2 atom stereocenters. The number of hydrogen-bond acceptors (Lipinski definition) is 3. The summed E-state index contributed by atoms with van der Waals surface area (Å²) in [5, 5.41) is 3.34. The van der Waals surface area contributed by atoms with Crippen molar-refractivity contribution in [3.8, 4) is 0 Å². The van der Waals surface area contributed by atoms with Crippen LogP contribution in [0.3, 0.4) is 0 Å². The topological polar surface area (TPSA) is 32.3 Å². The second kappa shape index (κ2) is 7.17. The van der Waals surface area contributed by atoms with Gasteiger partial charge in [0.25, 0.3) is 0 Å². The van der Waals surface area contributed by atoms with E-state index in [2.05, 4.69) is 18.5 Å². The molecule has 0 bridgehead atoms. The van der Waals surface area contributed by atoms with Gasteiger partial charge < -0.3 is 10.2 Å². The Bertz CT molecular complexity index is 217. The maximum Gasteiger partial charge on any atom is 0.239 e. The molecule has 1 rings (SSSR count). The van der Waals surface area contributed by atoms with Crippen LogP contribution in [0.2, 0.25) is 0 Å². The van der Waals surface area contributed by atoms with E-state index >= 15 is 0 Å². The number of nitrogens with one attached hydrogen (secondary N) is 1. The van der Waals surface area contributed by atoms with E-state index in [-0.39, 0.29) is 11.9 Å². The van der Waals surface area contributed by atoms with Gasteiger partial charge in [-0.3, -0.25) is 4.79 Å². The molecule has 1 saturated heterocycles. The lowest BCUT2D eigenvalue weighted by Gasteiger charge is -2.22. The van der Waals surface area contributed by atoms with Crippen LogP contribution in [0.5, 0.6) is 0 Å². The van der Waals surface area contributed by atoms with Crippen LogP contribution in [0, 0.1) is 5.92 Å². The summed E-state index contributed by atoms with van der Waals surface area (Å²) in [6.45, 7) is 7.03. The van der Waals surface area contributed by atoms with Gasteiger partial charge in [-0.2, -0.15) is 11.8 Å². The molecule has 0 radical (unpaired) electrons. The van der Waals surface area contributed by atoms with Crippen LogP contribution in [0.4, 0.5) is 0 Å². The van der Waals surface area contributed by atoms with Crippen molar-refractivity contribution in [3.05, 3.63) is 0 Å². The van der Waals surface area contributed by atoms with Crippen molar-refractivity contribution in [3.63, 3.8) is 0 Å². The summed E-state index contributed by atoms with van der Waals surface area (Å²) in [5.74, 6) is 2.05. The molecule has 0 aliphatic carbocycles. The van der Waals surface area contributed by atoms with E-state index in [1.54, 1.807) is 0 Å². The van der Waals surface area contributed by atoms with E-state index in [1.165, 1.54) is 12.8 Å². The summed E-state index contributed by atoms with van der Waals surface area (Å²) in [6, 6.07) is -0.0255. The van der Waals surface area contributed by atoms with Crippen molar-refractivity contribution in [1.82, 2.24) is 10.2 Å². The quantitative estimate of drug-likeness (QED) is 0.770. The predicted molar refractivity (Wildman–Crippen MR) is 70.8 cm³/mol. The lowest BCUT2D eigenvalue weighted by molar-refractivity contribution is -0.131. The summed E-state index contributed by atoms with van der Waals surface area (Å²) in [4.78, 5) is 14.0. The first-order valence-electron chi connectivity index (χ1n) is 6.16. The van der Waals surface area contributed by atoms with Gasteiger partial charge in [0.05, 0.1) is 6.04 Å². The SMILES string of the molecule is CSCC(C)CNC(C)C(=O)N1CCCC1. The molecule has 4 heteroatoms. The number of carbonyl (C=O) groups excluding carboxylic acids is 1. The van der Waals surface area contributed by atoms with Gasteiger partial charge in [0.15, 0.2) is 0 Å². The number of likely N-dealkylation sites (tertiary alicyclic amines) is 1. The van der Waals surface area contributed by atoms with Crippen molar-refractivity contribution in [2.75, 3.05) is 31.6 Å². The highest BCUT2D eigenvalue weighted by Crippen LogP contribution is 2.09. The fourth-order valence-corrected chi connectivity index (χ4v) is 2.71. The fraction of sp³-hybridized carbons (Fsp3) is 0.917. The second-order valence-electron chi connectivity index (χ2n) is 4.72. The van der Waals surface area contributed by atoms with Gasteiger partial charge in [-0.25, -0.2) is 0 Å².